The second kappa shape index (κ2) is 14.1. The normalized spacial score (nSPS) is 12.2. The monoisotopic (exact) mass is 531 g/mol. The first-order valence-corrected chi connectivity index (χ1v) is 12.2. The van der Waals surface area contributed by atoms with Gasteiger partial charge < -0.3 is 24.3 Å². The van der Waals surface area contributed by atoms with Crippen molar-refractivity contribution in [1.29, 1.82) is 0 Å². The number of hydrogen-bond donors (Lipinski definition) is 1. The molecule has 0 aliphatic heterocycles. The van der Waals surface area contributed by atoms with Crippen LogP contribution in [0.2, 0.25) is 0 Å². The fourth-order valence-corrected chi connectivity index (χ4v) is 3.22. The number of esters is 3. The van der Waals surface area contributed by atoms with Gasteiger partial charge in [0.25, 0.3) is 5.91 Å². The van der Waals surface area contributed by atoms with E-state index < -0.39 is 17.9 Å². The lowest BCUT2D eigenvalue weighted by Gasteiger charge is -2.15. The number of allylic oxidation sites excluding steroid dienone is 4. The molecule has 9 nitrogen and oxygen atoms in total. The highest BCUT2D eigenvalue weighted by atomic mass is 16.5. The number of anilines is 1. The topological polar surface area (TPSA) is 117 Å². The van der Waals surface area contributed by atoms with Crippen LogP contribution in [0, 0.1) is 0 Å². The van der Waals surface area contributed by atoms with E-state index in [9.17, 15) is 19.2 Å². The molecule has 0 aromatic heterocycles. The molecule has 1 aliphatic rings. The van der Waals surface area contributed by atoms with Gasteiger partial charge in [-0.1, -0.05) is 13.2 Å². The van der Waals surface area contributed by atoms with Crippen molar-refractivity contribution in [2.75, 3.05) is 18.5 Å². The average Bonchev–Trinajstić information content (AvgIpc) is 2.94. The minimum Gasteiger partial charge on any atom is -0.493 e. The molecule has 0 spiro atoms. The fraction of sp³-hybridized carbons (Fsp3) is 0.200. The maximum absolute atomic E-state index is 12.5. The predicted octanol–water partition coefficient (Wildman–Crippen LogP) is 5.27. The summed E-state index contributed by atoms with van der Waals surface area (Å²) in [6.45, 7) is 9.08. The third-order valence-corrected chi connectivity index (χ3v) is 5.35. The second-order valence-corrected chi connectivity index (χ2v) is 8.45. The van der Waals surface area contributed by atoms with Crippen LogP contribution in [0.5, 0.6) is 5.75 Å². The van der Waals surface area contributed by atoms with Gasteiger partial charge >= 0.3 is 17.9 Å². The molecular weight excluding hydrogens is 502 g/mol. The third-order valence-electron chi connectivity index (χ3n) is 5.35. The molecule has 2 aromatic carbocycles. The first kappa shape index (κ1) is 28.6. The summed E-state index contributed by atoms with van der Waals surface area (Å²) in [5.41, 5.74) is 1.60. The number of amides is 1. The van der Waals surface area contributed by atoms with E-state index in [1.54, 1.807) is 67.6 Å². The standard InChI is InChI=1S/C30H29NO8/c1-4-27(32)37-19-5-18-36-24-12-8-22(9-13-24)30(35)39-26-16-14-25(15-17-26)38-29(34)21-6-10-23(11-7-21)31-28(33)20(2)3/h4,6-14,16H,1-2,5,15,17-19H2,3H3,(H,31,33). The third kappa shape index (κ3) is 9.15. The zero-order valence-electron chi connectivity index (χ0n) is 21.6. The molecule has 1 aliphatic carbocycles. The van der Waals surface area contributed by atoms with Crippen LogP contribution >= 0.6 is 0 Å². The molecule has 0 heterocycles. The van der Waals surface area contributed by atoms with Gasteiger partial charge in [-0.3, -0.25) is 4.79 Å². The predicted molar refractivity (Wildman–Crippen MR) is 144 cm³/mol. The lowest BCUT2D eigenvalue weighted by atomic mass is 10.1. The summed E-state index contributed by atoms with van der Waals surface area (Å²) in [6.07, 6.45) is 5.57. The Kier molecular flexibility index (Phi) is 10.4. The van der Waals surface area contributed by atoms with Crippen molar-refractivity contribution in [3.8, 4) is 5.75 Å². The highest BCUT2D eigenvalue weighted by molar-refractivity contribution is 6.03. The molecule has 1 amide bonds. The SMILES string of the molecule is C=CC(=O)OCCCOc1ccc(C(=O)OC2=CC=C(OC(=O)c3ccc(NC(=O)C(=C)C)cc3)CC2)cc1. The van der Waals surface area contributed by atoms with Crippen molar-refractivity contribution in [3.63, 3.8) is 0 Å². The lowest BCUT2D eigenvalue weighted by Crippen LogP contribution is -2.12. The molecule has 0 unspecified atom stereocenters. The summed E-state index contributed by atoms with van der Waals surface area (Å²) < 4.78 is 21.3. The van der Waals surface area contributed by atoms with Crippen molar-refractivity contribution < 1.29 is 38.1 Å². The molecule has 202 valence electrons. The molecule has 0 fully saturated rings. The van der Waals surface area contributed by atoms with Gasteiger partial charge in [-0.25, -0.2) is 14.4 Å². The van der Waals surface area contributed by atoms with E-state index in [0.717, 1.165) is 6.08 Å². The quantitative estimate of drug-likeness (QED) is 0.170. The number of hydrogen-bond acceptors (Lipinski definition) is 8. The van der Waals surface area contributed by atoms with Gasteiger partial charge in [0, 0.05) is 36.6 Å². The molecule has 0 saturated carbocycles. The molecule has 0 saturated heterocycles. The maximum Gasteiger partial charge on any atom is 0.343 e. The Hall–Kier alpha value is -4.92. The second-order valence-electron chi connectivity index (χ2n) is 8.45. The number of nitrogens with one attached hydrogen (secondary N) is 1. The van der Waals surface area contributed by atoms with Crippen molar-refractivity contribution >= 4 is 29.5 Å². The van der Waals surface area contributed by atoms with Crippen LogP contribution < -0.4 is 10.1 Å². The first-order chi connectivity index (χ1) is 18.7. The van der Waals surface area contributed by atoms with Crippen LogP contribution in [0.4, 0.5) is 5.69 Å². The van der Waals surface area contributed by atoms with Crippen LogP contribution in [-0.2, 0) is 23.8 Å². The van der Waals surface area contributed by atoms with Crippen LogP contribution in [-0.4, -0.2) is 37.0 Å². The molecule has 0 radical (unpaired) electrons. The van der Waals surface area contributed by atoms with Crippen molar-refractivity contribution in [2.24, 2.45) is 0 Å². The van der Waals surface area contributed by atoms with Gasteiger partial charge in [-0.2, -0.15) is 0 Å². The summed E-state index contributed by atoms with van der Waals surface area (Å²) in [4.78, 5) is 47.6. The number of carbonyl (C=O) groups excluding carboxylic acids is 4. The minimum absolute atomic E-state index is 0.226. The maximum atomic E-state index is 12.5. The van der Waals surface area contributed by atoms with Gasteiger partial charge in [-0.15, -0.1) is 0 Å². The highest BCUT2D eigenvalue weighted by Gasteiger charge is 2.17. The molecule has 1 N–H and O–H groups in total. The Balaban J connectivity index is 1.45. The smallest absolute Gasteiger partial charge is 0.343 e. The van der Waals surface area contributed by atoms with Crippen molar-refractivity contribution in [1.82, 2.24) is 0 Å². The minimum atomic E-state index is -0.534. The van der Waals surface area contributed by atoms with E-state index in [4.69, 9.17) is 18.9 Å². The molecular formula is C30H29NO8. The summed E-state index contributed by atoms with van der Waals surface area (Å²) in [6, 6.07) is 12.8. The lowest BCUT2D eigenvalue weighted by molar-refractivity contribution is -0.137. The highest BCUT2D eigenvalue weighted by Crippen LogP contribution is 2.23. The van der Waals surface area contributed by atoms with Crippen LogP contribution in [0.3, 0.4) is 0 Å². The summed E-state index contributed by atoms with van der Waals surface area (Å²) in [5, 5.41) is 2.67. The van der Waals surface area contributed by atoms with Crippen molar-refractivity contribution in [3.05, 3.63) is 108 Å². The molecule has 3 rings (SSSR count). The van der Waals surface area contributed by atoms with Gasteiger partial charge in [0.2, 0.25) is 0 Å². The average molecular weight is 532 g/mol. The Morgan fingerprint density at radius 2 is 1.38 bits per heavy atom. The van der Waals surface area contributed by atoms with E-state index >= 15 is 0 Å². The Morgan fingerprint density at radius 1 is 0.846 bits per heavy atom. The summed E-state index contributed by atoms with van der Waals surface area (Å²) in [5.74, 6) is -0.367. The van der Waals surface area contributed by atoms with Gasteiger partial charge in [0.1, 0.15) is 17.3 Å². The summed E-state index contributed by atoms with van der Waals surface area (Å²) in [7, 11) is 0. The van der Waals surface area contributed by atoms with Crippen molar-refractivity contribution in [2.45, 2.75) is 26.2 Å². The zero-order valence-corrected chi connectivity index (χ0v) is 21.6. The molecule has 0 atom stereocenters. The van der Waals surface area contributed by atoms with E-state index in [1.807, 2.05) is 0 Å². The van der Waals surface area contributed by atoms with E-state index in [1.165, 1.54) is 0 Å². The zero-order chi connectivity index (χ0) is 28.2. The number of carbonyl (C=O) groups is 4. The van der Waals surface area contributed by atoms with Crippen LogP contribution in [0.25, 0.3) is 0 Å². The van der Waals surface area contributed by atoms with Gasteiger partial charge in [0.05, 0.1) is 24.3 Å². The Bertz CT molecular complexity index is 1300. The van der Waals surface area contributed by atoms with Crippen LogP contribution in [0.1, 0.15) is 46.9 Å². The van der Waals surface area contributed by atoms with E-state index in [-0.39, 0.29) is 12.5 Å². The number of benzene rings is 2. The fourth-order valence-electron chi connectivity index (χ4n) is 3.22. The molecule has 0 bridgehead atoms. The molecule has 39 heavy (non-hydrogen) atoms. The molecule has 9 heteroatoms. The molecule has 2 aromatic rings. The first-order valence-electron chi connectivity index (χ1n) is 12.2. The van der Waals surface area contributed by atoms with E-state index in [2.05, 4.69) is 18.5 Å². The number of ether oxygens (including phenoxy) is 4. The Morgan fingerprint density at radius 3 is 1.87 bits per heavy atom. The van der Waals surface area contributed by atoms with Gasteiger partial charge in [-0.05, 0) is 67.6 Å². The largest absolute Gasteiger partial charge is 0.493 e. The Labute approximate surface area is 226 Å². The van der Waals surface area contributed by atoms with E-state index in [0.29, 0.717) is 65.5 Å². The van der Waals surface area contributed by atoms with Crippen LogP contribution in [0.15, 0.2) is 97.0 Å². The summed E-state index contributed by atoms with van der Waals surface area (Å²) >= 11 is 0. The van der Waals surface area contributed by atoms with Gasteiger partial charge in [0.15, 0.2) is 0 Å². The number of rotatable bonds is 12.